The van der Waals surface area contributed by atoms with Crippen LogP contribution in [-0.2, 0) is 20.0 Å². The van der Waals surface area contributed by atoms with E-state index in [2.05, 4.69) is 20.1 Å². The molecule has 3 rings (SSSR count). The van der Waals surface area contributed by atoms with Crippen LogP contribution in [0.25, 0.3) is 0 Å². The van der Waals surface area contributed by atoms with Gasteiger partial charge in [-0.2, -0.15) is 0 Å². The number of amides is 2. The van der Waals surface area contributed by atoms with E-state index in [-0.39, 0.29) is 48.3 Å². The molecule has 2 amide bonds. The van der Waals surface area contributed by atoms with Crippen molar-refractivity contribution in [3.8, 4) is 0 Å². The van der Waals surface area contributed by atoms with E-state index < -0.39 is 26.1 Å². The normalized spacial score (nSPS) is 11.8. The highest BCUT2D eigenvalue weighted by Gasteiger charge is 2.16. The first-order chi connectivity index (χ1) is 19.9. The van der Waals surface area contributed by atoms with Crippen LogP contribution in [0.1, 0.15) is 28.4 Å². The van der Waals surface area contributed by atoms with Crippen molar-refractivity contribution in [3.05, 3.63) is 89.5 Å². The van der Waals surface area contributed by atoms with Gasteiger partial charge in [0.15, 0.2) is 5.78 Å². The second-order valence-electron chi connectivity index (χ2n) is 9.78. The monoisotopic (exact) mass is 615 g/mol. The summed E-state index contributed by atoms with van der Waals surface area (Å²) in [6.45, 7) is 6.44. The summed E-state index contributed by atoms with van der Waals surface area (Å²) in [6, 6.07) is 19.0. The number of benzene rings is 3. The Kier molecular flexibility index (Phi) is 11.8. The third kappa shape index (κ3) is 10.3. The third-order valence-corrected chi connectivity index (χ3v) is 9.32. The molecule has 0 aliphatic rings. The second-order valence-corrected chi connectivity index (χ2v) is 13.3. The molecule has 0 radical (unpaired) electrons. The van der Waals surface area contributed by atoms with Crippen molar-refractivity contribution in [2.24, 2.45) is 0 Å². The maximum Gasteiger partial charge on any atom is 0.319 e. The third-order valence-electron chi connectivity index (χ3n) is 6.37. The zero-order valence-electron chi connectivity index (χ0n) is 23.9. The lowest BCUT2D eigenvalue weighted by atomic mass is 10.1. The van der Waals surface area contributed by atoms with Gasteiger partial charge in [-0.05, 0) is 69.3 Å². The van der Waals surface area contributed by atoms with E-state index in [0.29, 0.717) is 17.8 Å². The Morgan fingerprint density at radius 3 is 1.50 bits per heavy atom. The van der Waals surface area contributed by atoms with E-state index in [9.17, 15) is 26.4 Å². The fraction of sp³-hybridized carbons (Fsp3) is 0.310. The quantitative estimate of drug-likeness (QED) is 0.192. The molecular formula is C29H37N5O6S2. The topological polar surface area (TPSA) is 154 Å². The number of nitrogens with zero attached hydrogens (tertiary/aromatic N) is 1. The summed E-state index contributed by atoms with van der Waals surface area (Å²) < 4.78 is 55.9. The number of urea groups is 1. The van der Waals surface area contributed by atoms with E-state index in [1.807, 2.05) is 18.7 Å². The molecule has 4 N–H and O–H groups in total. The molecule has 3 aromatic rings. The second kappa shape index (κ2) is 15.0. The Balaban J connectivity index is 1.56. The van der Waals surface area contributed by atoms with Gasteiger partial charge >= 0.3 is 6.03 Å². The SMILES string of the molecule is CC(=O)c1ccc(NC(=O)NCCN(CCNS(=O)(=O)c2ccc(C)cc2)CCNS(=O)(=O)c2ccc(C)cc2)cc1. The van der Waals surface area contributed by atoms with Crippen LogP contribution in [0.15, 0.2) is 82.6 Å². The number of hydrogen-bond donors (Lipinski definition) is 4. The number of hydrogen-bond acceptors (Lipinski definition) is 7. The zero-order valence-corrected chi connectivity index (χ0v) is 25.5. The number of Topliss-reactive ketones (excluding diaryl/α,β-unsaturated/α-hetero) is 1. The maximum absolute atomic E-state index is 12.7. The molecule has 0 fully saturated rings. The summed E-state index contributed by atoms with van der Waals surface area (Å²) in [4.78, 5) is 26.0. The molecule has 0 heterocycles. The van der Waals surface area contributed by atoms with Crippen molar-refractivity contribution in [2.45, 2.75) is 30.6 Å². The molecular weight excluding hydrogens is 578 g/mol. The van der Waals surface area contributed by atoms with Crippen molar-refractivity contribution >= 4 is 37.5 Å². The minimum absolute atomic E-state index is 0.0756. The highest BCUT2D eigenvalue weighted by Crippen LogP contribution is 2.12. The van der Waals surface area contributed by atoms with Gasteiger partial charge in [-0.1, -0.05) is 35.4 Å². The van der Waals surface area contributed by atoms with Gasteiger partial charge in [-0.3, -0.25) is 9.69 Å². The van der Waals surface area contributed by atoms with E-state index in [1.54, 1.807) is 48.5 Å². The van der Waals surface area contributed by atoms with Crippen LogP contribution in [0, 0.1) is 13.8 Å². The smallest absolute Gasteiger partial charge is 0.319 e. The zero-order chi connectivity index (χ0) is 30.8. The summed E-state index contributed by atoms with van der Waals surface area (Å²) in [5.74, 6) is -0.0756. The van der Waals surface area contributed by atoms with Gasteiger partial charge < -0.3 is 10.6 Å². The molecule has 0 saturated heterocycles. The number of ketones is 1. The van der Waals surface area contributed by atoms with Gasteiger partial charge in [0.2, 0.25) is 20.0 Å². The molecule has 3 aromatic carbocycles. The standard InChI is InChI=1S/C29H37N5O6S2/c1-22-4-12-27(13-5-22)41(37,38)31-17-20-34(21-18-32-42(39,40)28-14-6-23(2)7-15-28)19-16-30-29(36)33-26-10-8-25(9-11-26)24(3)35/h4-15,31-32H,16-21H2,1-3H3,(H2,30,33,36). The lowest BCUT2D eigenvalue weighted by Crippen LogP contribution is -2.43. The Bertz CT molecular complexity index is 1480. The highest BCUT2D eigenvalue weighted by molar-refractivity contribution is 7.89. The average Bonchev–Trinajstić information content (AvgIpc) is 2.93. The molecule has 0 atom stereocenters. The van der Waals surface area contributed by atoms with E-state index in [4.69, 9.17) is 0 Å². The Morgan fingerprint density at radius 1 is 0.643 bits per heavy atom. The predicted molar refractivity (Wildman–Crippen MR) is 163 cm³/mol. The van der Waals surface area contributed by atoms with Crippen molar-refractivity contribution in [2.75, 3.05) is 44.6 Å². The Morgan fingerprint density at radius 2 is 1.07 bits per heavy atom. The molecule has 0 saturated carbocycles. The maximum atomic E-state index is 12.7. The number of sulfonamides is 2. The molecule has 0 aliphatic carbocycles. The molecule has 11 nitrogen and oxygen atoms in total. The van der Waals surface area contributed by atoms with Crippen molar-refractivity contribution in [1.29, 1.82) is 0 Å². The lowest BCUT2D eigenvalue weighted by molar-refractivity contribution is 0.101. The van der Waals surface area contributed by atoms with Gasteiger partial charge in [-0.25, -0.2) is 31.1 Å². The van der Waals surface area contributed by atoms with Gasteiger partial charge in [0, 0.05) is 50.5 Å². The van der Waals surface area contributed by atoms with E-state index >= 15 is 0 Å². The summed E-state index contributed by atoms with van der Waals surface area (Å²) in [5, 5.41) is 5.43. The first-order valence-electron chi connectivity index (χ1n) is 13.4. The molecule has 13 heteroatoms. The van der Waals surface area contributed by atoms with Crippen LogP contribution < -0.4 is 20.1 Å². The average molecular weight is 616 g/mol. The highest BCUT2D eigenvalue weighted by atomic mass is 32.2. The largest absolute Gasteiger partial charge is 0.337 e. The molecule has 226 valence electrons. The van der Waals surface area contributed by atoms with Crippen molar-refractivity contribution < 1.29 is 26.4 Å². The van der Waals surface area contributed by atoms with Gasteiger partial charge in [0.1, 0.15) is 0 Å². The summed E-state index contributed by atoms with van der Waals surface area (Å²) in [7, 11) is -7.44. The number of rotatable bonds is 15. The molecule has 0 bridgehead atoms. The Labute approximate surface area is 247 Å². The number of carbonyl (C=O) groups excluding carboxylic acids is 2. The lowest BCUT2D eigenvalue weighted by Gasteiger charge is -2.23. The molecule has 0 aromatic heterocycles. The van der Waals surface area contributed by atoms with Gasteiger partial charge in [-0.15, -0.1) is 0 Å². The molecule has 0 spiro atoms. The number of nitrogens with one attached hydrogen (secondary N) is 4. The summed E-state index contributed by atoms with van der Waals surface area (Å²) >= 11 is 0. The van der Waals surface area contributed by atoms with Crippen molar-refractivity contribution in [1.82, 2.24) is 19.7 Å². The van der Waals surface area contributed by atoms with Crippen LogP contribution in [0.5, 0.6) is 0 Å². The minimum Gasteiger partial charge on any atom is -0.337 e. The van der Waals surface area contributed by atoms with Gasteiger partial charge in [0.25, 0.3) is 0 Å². The first kappa shape index (κ1) is 32.9. The molecule has 0 aliphatic heterocycles. The fourth-order valence-electron chi connectivity index (χ4n) is 3.90. The first-order valence-corrected chi connectivity index (χ1v) is 16.3. The number of aryl methyl sites for hydroxylation is 2. The minimum atomic E-state index is -3.72. The molecule has 42 heavy (non-hydrogen) atoms. The predicted octanol–water partition coefficient (Wildman–Crippen LogP) is 2.89. The number of anilines is 1. The van der Waals surface area contributed by atoms with Crippen LogP contribution in [0.2, 0.25) is 0 Å². The van der Waals surface area contributed by atoms with Crippen LogP contribution in [0.4, 0.5) is 10.5 Å². The van der Waals surface area contributed by atoms with Crippen LogP contribution in [-0.4, -0.2) is 72.8 Å². The molecule has 0 unspecified atom stereocenters. The summed E-state index contributed by atoms with van der Waals surface area (Å²) in [5.41, 5.74) is 2.94. The van der Waals surface area contributed by atoms with Crippen LogP contribution in [0.3, 0.4) is 0 Å². The van der Waals surface area contributed by atoms with Crippen molar-refractivity contribution in [3.63, 3.8) is 0 Å². The Hall–Kier alpha value is -3.62. The van der Waals surface area contributed by atoms with Crippen LogP contribution >= 0.6 is 0 Å². The fourth-order valence-corrected chi connectivity index (χ4v) is 5.95. The van der Waals surface area contributed by atoms with E-state index in [1.165, 1.54) is 31.2 Å². The van der Waals surface area contributed by atoms with E-state index in [0.717, 1.165) is 11.1 Å². The summed E-state index contributed by atoms with van der Waals surface area (Å²) in [6.07, 6.45) is 0. The number of carbonyl (C=O) groups is 2. The van der Waals surface area contributed by atoms with Gasteiger partial charge in [0.05, 0.1) is 9.79 Å².